The van der Waals surface area contributed by atoms with Gasteiger partial charge in [0.25, 0.3) is 0 Å². The van der Waals surface area contributed by atoms with Crippen LogP contribution in [0.2, 0.25) is 0 Å². The first kappa shape index (κ1) is 9.60. The van der Waals surface area contributed by atoms with Gasteiger partial charge in [-0.05, 0) is 12.5 Å². The largest absolute Gasteiger partial charge is 0.126 e. The maximum atomic E-state index is 5.88. The molecule has 1 aromatic rings. The molecule has 0 aromatic heterocycles. The average Bonchev–Trinajstić information content (AvgIpc) is 2.05. The predicted molar refractivity (Wildman–Crippen MR) is 54.9 cm³/mol. The molecule has 66 valence electrons. The minimum Gasteiger partial charge on any atom is -0.126 e. The SMILES string of the molecule is Cc1cccc(C(C)(C)CCl)c1. The molecule has 12 heavy (non-hydrogen) atoms. The van der Waals surface area contributed by atoms with Gasteiger partial charge in [0, 0.05) is 11.3 Å². The van der Waals surface area contributed by atoms with Crippen molar-refractivity contribution >= 4 is 11.6 Å². The fraction of sp³-hybridized carbons (Fsp3) is 0.455. The molecule has 1 heteroatoms. The van der Waals surface area contributed by atoms with Crippen molar-refractivity contribution in [3.8, 4) is 0 Å². The summed E-state index contributed by atoms with van der Waals surface area (Å²) in [6.45, 7) is 6.43. The molecule has 0 fully saturated rings. The third-order valence-corrected chi connectivity index (χ3v) is 2.80. The van der Waals surface area contributed by atoms with E-state index in [1.54, 1.807) is 0 Å². The van der Waals surface area contributed by atoms with Gasteiger partial charge in [-0.25, -0.2) is 0 Å². The van der Waals surface area contributed by atoms with Gasteiger partial charge in [0.1, 0.15) is 0 Å². The number of benzene rings is 1. The van der Waals surface area contributed by atoms with Crippen molar-refractivity contribution in [2.45, 2.75) is 26.2 Å². The minimum atomic E-state index is 0.0908. The number of halogens is 1. The highest BCUT2D eigenvalue weighted by molar-refractivity contribution is 6.18. The van der Waals surface area contributed by atoms with Crippen LogP contribution in [0.25, 0.3) is 0 Å². The van der Waals surface area contributed by atoms with Gasteiger partial charge in [-0.15, -0.1) is 11.6 Å². The number of aryl methyl sites for hydroxylation is 1. The monoisotopic (exact) mass is 182 g/mol. The van der Waals surface area contributed by atoms with E-state index < -0.39 is 0 Å². The maximum Gasteiger partial charge on any atom is 0.0315 e. The molecular formula is C11H15Cl. The second-order valence-corrected chi connectivity index (χ2v) is 4.15. The zero-order chi connectivity index (χ0) is 9.19. The van der Waals surface area contributed by atoms with E-state index in [1.807, 2.05) is 0 Å². The van der Waals surface area contributed by atoms with Crippen LogP contribution >= 0.6 is 11.6 Å². The van der Waals surface area contributed by atoms with E-state index in [0.29, 0.717) is 5.88 Å². The molecule has 0 bridgehead atoms. The molecule has 0 radical (unpaired) electrons. The Morgan fingerprint density at radius 3 is 2.50 bits per heavy atom. The first-order valence-corrected chi connectivity index (χ1v) is 4.73. The molecule has 0 saturated carbocycles. The molecule has 0 atom stereocenters. The topological polar surface area (TPSA) is 0 Å². The van der Waals surface area contributed by atoms with Gasteiger partial charge in [-0.1, -0.05) is 43.7 Å². The molecule has 0 aliphatic carbocycles. The fourth-order valence-corrected chi connectivity index (χ4v) is 1.30. The van der Waals surface area contributed by atoms with Crippen molar-refractivity contribution in [3.63, 3.8) is 0 Å². The second kappa shape index (κ2) is 3.49. The number of hydrogen-bond acceptors (Lipinski definition) is 0. The Morgan fingerprint density at radius 2 is 2.00 bits per heavy atom. The summed E-state index contributed by atoms with van der Waals surface area (Å²) in [4.78, 5) is 0. The van der Waals surface area contributed by atoms with E-state index in [1.165, 1.54) is 11.1 Å². The van der Waals surface area contributed by atoms with Gasteiger partial charge < -0.3 is 0 Å². The van der Waals surface area contributed by atoms with Gasteiger partial charge in [0.15, 0.2) is 0 Å². The second-order valence-electron chi connectivity index (χ2n) is 3.89. The molecule has 0 nitrogen and oxygen atoms in total. The lowest BCUT2D eigenvalue weighted by Gasteiger charge is -2.22. The van der Waals surface area contributed by atoms with E-state index in [9.17, 15) is 0 Å². The normalized spacial score (nSPS) is 11.7. The Balaban J connectivity index is 3.03. The summed E-state index contributed by atoms with van der Waals surface area (Å²) in [6, 6.07) is 8.52. The zero-order valence-electron chi connectivity index (χ0n) is 7.89. The molecule has 0 N–H and O–H groups in total. The van der Waals surface area contributed by atoms with Gasteiger partial charge in [-0.3, -0.25) is 0 Å². The summed E-state index contributed by atoms with van der Waals surface area (Å²) in [5.41, 5.74) is 2.70. The lowest BCUT2D eigenvalue weighted by molar-refractivity contribution is 0.597. The van der Waals surface area contributed by atoms with Crippen LogP contribution in [0, 0.1) is 6.92 Å². The van der Waals surface area contributed by atoms with Crippen LogP contribution in [0.1, 0.15) is 25.0 Å². The first-order valence-electron chi connectivity index (χ1n) is 4.19. The standard InChI is InChI=1S/C11H15Cl/c1-9-5-4-6-10(7-9)11(2,3)8-12/h4-7H,8H2,1-3H3. The van der Waals surface area contributed by atoms with Crippen LogP contribution in [0.3, 0.4) is 0 Å². The highest BCUT2D eigenvalue weighted by Gasteiger charge is 2.18. The summed E-state index contributed by atoms with van der Waals surface area (Å²) in [5.74, 6) is 0.663. The molecule has 0 heterocycles. The molecule has 0 amide bonds. The predicted octanol–water partition coefficient (Wildman–Crippen LogP) is 3.51. The molecule has 1 rings (SSSR count). The van der Waals surface area contributed by atoms with E-state index in [-0.39, 0.29) is 5.41 Å². The smallest absolute Gasteiger partial charge is 0.0315 e. The van der Waals surface area contributed by atoms with Crippen molar-refractivity contribution in [1.29, 1.82) is 0 Å². The lowest BCUT2D eigenvalue weighted by Crippen LogP contribution is -2.18. The van der Waals surface area contributed by atoms with Crippen LogP contribution in [0.4, 0.5) is 0 Å². The molecule has 0 aliphatic heterocycles. The van der Waals surface area contributed by atoms with Gasteiger partial charge in [-0.2, -0.15) is 0 Å². The Kier molecular flexibility index (Phi) is 2.79. The van der Waals surface area contributed by atoms with Gasteiger partial charge in [0.05, 0.1) is 0 Å². The van der Waals surface area contributed by atoms with Gasteiger partial charge >= 0.3 is 0 Å². The van der Waals surface area contributed by atoms with Crippen molar-refractivity contribution in [2.75, 3.05) is 5.88 Å². The third-order valence-electron chi connectivity index (χ3n) is 2.13. The van der Waals surface area contributed by atoms with Crippen LogP contribution < -0.4 is 0 Å². The molecular weight excluding hydrogens is 168 g/mol. The van der Waals surface area contributed by atoms with E-state index in [0.717, 1.165) is 0 Å². The highest BCUT2D eigenvalue weighted by atomic mass is 35.5. The van der Waals surface area contributed by atoms with Crippen LogP contribution in [-0.4, -0.2) is 5.88 Å². The number of hydrogen-bond donors (Lipinski definition) is 0. The fourth-order valence-electron chi connectivity index (χ4n) is 1.14. The molecule has 0 spiro atoms. The van der Waals surface area contributed by atoms with E-state index in [4.69, 9.17) is 11.6 Å². The molecule has 0 aliphatic rings. The van der Waals surface area contributed by atoms with E-state index >= 15 is 0 Å². The Bertz CT molecular complexity index is 263. The molecule has 1 aromatic carbocycles. The molecule has 0 saturated heterocycles. The maximum absolute atomic E-state index is 5.88. The van der Waals surface area contributed by atoms with Gasteiger partial charge in [0.2, 0.25) is 0 Å². The zero-order valence-corrected chi connectivity index (χ0v) is 8.65. The average molecular weight is 183 g/mol. The van der Waals surface area contributed by atoms with Crippen molar-refractivity contribution in [2.24, 2.45) is 0 Å². The summed E-state index contributed by atoms with van der Waals surface area (Å²) < 4.78 is 0. The van der Waals surface area contributed by atoms with Crippen molar-refractivity contribution < 1.29 is 0 Å². The summed E-state index contributed by atoms with van der Waals surface area (Å²) in [5, 5.41) is 0. The minimum absolute atomic E-state index is 0.0908. The lowest BCUT2D eigenvalue weighted by atomic mass is 9.86. The number of alkyl halides is 1. The van der Waals surface area contributed by atoms with Crippen LogP contribution in [0.5, 0.6) is 0 Å². The molecule has 0 unspecified atom stereocenters. The van der Waals surface area contributed by atoms with Crippen molar-refractivity contribution in [1.82, 2.24) is 0 Å². The quantitative estimate of drug-likeness (QED) is 0.615. The summed E-state index contributed by atoms with van der Waals surface area (Å²) >= 11 is 5.88. The summed E-state index contributed by atoms with van der Waals surface area (Å²) in [6.07, 6.45) is 0. The highest BCUT2D eigenvalue weighted by Crippen LogP contribution is 2.24. The Hall–Kier alpha value is -0.490. The third kappa shape index (κ3) is 2.01. The van der Waals surface area contributed by atoms with Crippen LogP contribution in [0.15, 0.2) is 24.3 Å². The van der Waals surface area contributed by atoms with Crippen molar-refractivity contribution in [3.05, 3.63) is 35.4 Å². The Labute approximate surface area is 79.6 Å². The number of rotatable bonds is 2. The summed E-state index contributed by atoms with van der Waals surface area (Å²) in [7, 11) is 0. The van der Waals surface area contributed by atoms with E-state index in [2.05, 4.69) is 45.0 Å². The van der Waals surface area contributed by atoms with Crippen LogP contribution in [-0.2, 0) is 5.41 Å². The Morgan fingerprint density at radius 1 is 1.33 bits per heavy atom. The first-order chi connectivity index (χ1) is 5.56.